The smallest absolute Gasteiger partial charge is 0.294 e. The van der Waals surface area contributed by atoms with Crippen molar-refractivity contribution in [2.45, 2.75) is 45.1 Å². The number of aromatic nitrogens is 2. The predicted molar refractivity (Wildman–Crippen MR) is 66.1 cm³/mol. The summed E-state index contributed by atoms with van der Waals surface area (Å²) in [5.41, 5.74) is 0. The Kier molecular flexibility index (Phi) is 4.03. The fourth-order valence-corrected chi connectivity index (χ4v) is 3.27. The van der Waals surface area contributed by atoms with E-state index in [4.69, 9.17) is 16.3 Å². The summed E-state index contributed by atoms with van der Waals surface area (Å²) in [7, 11) is 0. The SMILES string of the molecule is CC1CC(C)CC(Oc2nnc(CCl)s2)C1. The molecule has 1 saturated carbocycles. The van der Waals surface area contributed by atoms with Gasteiger partial charge >= 0.3 is 0 Å². The fourth-order valence-electron chi connectivity index (χ4n) is 2.45. The van der Waals surface area contributed by atoms with E-state index in [1.165, 1.54) is 17.8 Å². The van der Waals surface area contributed by atoms with Crippen molar-refractivity contribution in [1.29, 1.82) is 0 Å². The summed E-state index contributed by atoms with van der Waals surface area (Å²) in [5, 5.41) is 9.44. The molecule has 0 saturated heterocycles. The molecule has 0 spiro atoms. The summed E-state index contributed by atoms with van der Waals surface area (Å²) in [6.07, 6.45) is 3.86. The van der Waals surface area contributed by atoms with E-state index in [0.29, 0.717) is 17.2 Å². The average molecular weight is 261 g/mol. The highest BCUT2D eigenvalue weighted by Crippen LogP contribution is 2.32. The van der Waals surface area contributed by atoms with Gasteiger partial charge in [-0.1, -0.05) is 25.2 Å². The summed E-state index contributed by atoms with van der Waals surface area (Å²) < 4.78 is 5.86. The molecule has 1 aromatic rings. The Morgan fingerprint density at radius 3 is 2.50 bits per heavy atom. The van der Waals surface area contributed by atoms with E-state index >= 15 is 0 Å². The maximum Gasteiger partial charge on any atom is 0.294 e. The van der Waals surface area contributed by atoms with Gasteiger partial charge < -0.3 is 4.74 Å². The van der Waals surface area contributed by atoms with Gasteiger partial charge in [0.25, 0.3) is 5.19 Å². The van der Waals surface area contributed by atoms with Crippen LogP contribution in [0, 0.1) is 11.8 Å². The molecule has 2 rings (SSSR count). The lowest BCUT2D eigenvalue weighted by Gasteiger charge is -2.30. The van der Waals surface area contributed by atoms with Crippen molar-refractivity contribution in [2.75, 3.05) is 0 Å². The van der Waals surface area contributed by atoms with Crippen LogP contribution < -0.4 is 4.74 Å². The second kappa shape index (κ2) is 5.32. The Hall–Kier alpha value is -0.350. The van der Waals surface area contributed by atoms with Gasteiger partial charge in [-0.25, -0.2) is 0 Å². The zero-order valence-electron chi connectivity index (χ0n) is 9.65. The van der Waals surface area contributed by atoms with Crippen LogP contribution in [0.15, 0.2) is 0 Å². The molecule has 0 N–H and O–H groups in total. The van der Waals surface area contributed by atoms with Crippen LogP contribution in [0.3, 0.4) is 0 Å². The van der Waals surface area contributed by atoms with Crippen molar-refractivity contribution in [3.8, 4) is 5.19 Å². The third kappa shape index (κ3) is 3.08. The fraction of sp³-hybridized carbons (Fsp3) is 0.818. The third-order valence-corrected chi connectivity index (χ3v) is 4.19. The minimum absolute atomic E-state index is 0.301. The Balaban J connectivity index is 1.93. The highest BCUT2D eigenvalue weighted by molar-refractivity contribution is 7.13. The van der Waals surface area contributed by atoms with E-state index in [1.807, 2.05) is 0 Å². The van der Waals surface area contributed by atoms with Gasteiger partial charge in [-0.3, -0.25) is 0 Å². The monoisotopic (exact) mass is 260 g/mol. The molecule has 1 aromatic heterocycles. The van der Waals surface area contributed by atoms with Gasteiger partial charge in [0.2, 0.25) is 0 Å². The van der Waals surface area contributed by atoms with Crippen LogP contribution in [0.25, 0.3) is 0 Å². The molecule has 16 heavy (non-hydrogen) atoms. The minimum atomic E-state index is 0.301. The highest BCUT2D eigenvalue weighted by Gasteiger charge is 2.26. The van der Waals surface area contributed by atoms with Crippen LogP contribution in [-0.4, -0.2) is 16.3 Å². The van der Waals surface area contributed by atoms with Crippen LogP contribution in [0.5, 0.6) is 5.19 Å². The van der Waals surface area contributed by atoms with Crippen molar-refractivity contribution in [1.82, 2.24) is 10.2 Å². The molecule has 1 heterocycles. The van der Waals surface area contributed by atoms with Gasteiger partial charge in [-0.2, -0.15) is 0 Å². The quantitative estimate of drug-likeness (QED) is 0.781. The van der Waals surface area contributed by atoms with E-state index in [1.54, 1.807) is 0 Å². The number of alkyl halides is 1. The zero-order chi connectivity index (χ0) is 11.5. The van der Waals surface area contributed by atoms with E-state index < -0.39 is 0 Å². The van der Waals surface area contributed by atoms with Gasteiger partial charge in [0.05, 0.1) is 5.88 Å². The average Bonchev–Trinajstić information content (AvgIpc) is 2.64. The third-order valence-electron chi connectivity index (χ3n) is 2.97. The molecule has 0 amide bonds. The van der Waals surface area contributed by atoms with Crippen molar-refractivity contribution in [3.63, 3.8) is 0 Å². The second-order valence-corrected chi connectivity index (χ2v) is 6.04. The Bertz CT molecular complexity index is 334. The Labute approximate surface area is 105 Å². The molecule has 0 aliphatic heterocycles. The minimum Gasteiger partial charge on any atom is -0.466 e. The van der Waals surface area contributed by atoms with Crippen molar-refractivity contribution >= 4 is 22.9 Å². The van der Waals surface area contributed by atoms with E-state index in [2.05, 4.69) is 24.0 Å². The topological polar surface area (TPSA) is 35.0 Å². The van der Waals surface area contributed by atoms with Gasteiger partial charge in [0.15, 0.2) is 0 Å². The predicted octanol–water partition coefficient (Wildman–Crippen LogP) is 3.48. The number of rotatable bonds is 3. The largest absolute Gasteiger partial charge is 0.466 e. The lowest BCUT2D eigenvalue weighted by atomic mass is 9.82. The number of hydrogen-bond donors (Lipinski definition) is 0. The first-order valence-corrected chi connectivity index (χ1v) is 7.07. The summed E-state index contributed by atoms with van der Waals surface area (Å²) >= 11 is 7.13. The lowest BCUT2D eigenvalue weighted by Crippen LogP contribution is -2.28. The second-order valence-electron chi connectivity index (χ2n) is 4.75. The summed E-state index contributed by atoms with van der Waals surface area (Å²) in [6, 6.07) is 0. The summed E-state index contributed by atoms with van der Waals surface area (Å²) in [4.78, 5) is 0. The van der Waals surface area contributed by atoms with E-state index in [-0.39, 0.29) is 0 Å². The number of halogens is 1. The van der Waals surface area contributed by atoms with Crippen LogP contribution in [0.1, 0.15) is 38.1 Å². The molecule has 1 aliphatic rings. The van der Waals surface area contributed by atoms with Crippen molar-refractivity contribution < 1.29 is 4.74 Å². The molecule has 1 aliphatic carbocycles. The first-order valence-electron chi connectivity index (χ1n) is 5.72. The summed E-state index contributed by atoms with van der Waals surface area (Å²) in [5.74, 6) is 1.90. The Morgan fingerprint density at radius 2 is 1.94 bits per heavy atom. The van der Waals surface area contributed by atoms with E-state index in [0.717, 1.165) is 29.7 Å². The van der Waals surface area contributed by atoms with Gasteiger partial charge in [-0.15, -0.1) is 21.8 Å². The first-order chi connectivity index (χ1) is 7.67. The van der Waals surface area contributed by atoms with Crippen molar-refractivity contribution in [2.24, 2.45) is 11.8 Å². The molecule has 0 bridgehead atoms. The molecule has 90 valence electrons. The van der Waals surface area contributed by atoms with Gasteiger partial charge in [0, 0.05) is 0 Å². The molecule has 0 aromatic carbocycles. The molecule has 5 heteroatoms. The molecule has 1 fully saturated rings. The maximum absolute atomic E-state index is 5.86. The zero-order valence-corrected chi connectivity index (χ0v) is 11.2. The van der Waals surface area contributed by atoms with Crippen LogP contribution in [-0.2, 0) is 5.88 Å². The first kappa shape index (κ1) is 12.1. The van der Waals surface area contributed by atoms with Crippen molar-refractivity contribution in [3.05, 3.63) is 5.01 Å². The maximum atomic E-state index is 5.86. The summed E-state index contributed by atoms with van der Waals surface area (Å²) in [6.45, 7) is 4.58. The van der Waals surface area contributed by atoms with Crippen LogP contribution >= 0.6 is 22.9 Å². The normalized spacial score (nSPS) is 30.3. The van der Waals surface area contributed by atoms with Gasteiger partial charge in [-0.05, 0) is 31.1 Å². The molecular weight excluding hydrogens is 244 g/mol. The highest BCUT2D eigenvalue weighted by atomic mass is 35.5. The van der Waals surface area contributed by atoms with Crippen LogP contribution in [0.2, 0.25) is 0 Å². The van der Waals surface area contributed by atoms with Gasteiger partial charge in [0.1, 0.15) is 11.1 Å². The molecule has 3 nitrogen and oxygen atoms in total. The standard InChI is InChI=1S/C11H17ClN2OS/c1-7-3-8(2)5-9(4-7)15-11-14-13-10(6-12)16-11/h7-9H,3-6H2,1-2H3. The Morgan fingerprint density at radius 1 is 1.25 bits per heavy atom. The number of ether oxygens (including phenoxy) is 1. The number of nitrogens with zero attached hydrogens (tertiary/aromatic N) is 2. The van der Waals surface area contributed by atoms with E-state index in [9.17, 15) is 0 Å². The lowest BCUT2D eigenvalue weighted by molar-refractivity contribution is 0.1000. The number of hydrogen-bond acceptors (Lipinski definition) is 4. The molecule has 2 atom stereocenters. The molecule has 2 unspecified atom stereocenters. The van der Waals surface area contributed by atoms with Crippen LogP contribution in [0.4, 0.5) is 0 Å². The molecular formula is C11H17ClN2OS. The molecule has 0 radical (unpaired) electrons.